The van der Waals surface area contributed by atoms with Crippen LogP contribution in [-0.2, 0) is 0 Å². The Balaban J connectivity index is 1.43. The third kappa shape index (κ3) is 4.84. The summed E-state index contributed by atoms with van der Waals surface area (Å²) in [6.45, 7) is 3.75. The first-order valence-corrected chi connectivity index (χ1v) is 10.2. The second-order valence-corrected chi connectivity index (χ2v) is 8.07. The lowest BCUT2D eigenvalue weighted by atomic mass is 9.95. The highest BCUT2D eigenvalue weighted by molar-refractivity contribution is 9.10. The van der Waals surface area contributed by atoms with E-state index in [1.54, 1.807) is 13.2 Å². The Labute approximate surface area is 161 Å². The van der Waals surface area contributed by atoms with E-state index in [4.69, 9.17) is 4.74 Å². The van der Waals surface area contributed by atoms with E-state index in [1.807, 2.05) is 23.5 Å². The lowest BCUT2D eigenvalue weighted by molar-refractivity contribution is 0.0944. The topological polar surface area (TPSA) is 41.6 Å². The van der Waals surface area contributed by atoms with Crippen molar-refractivity contribution in [2.45, 2.75) is 18.8 Å². The number of thiophene rings is 1. The highest BCUT2D eigenvalue weighted by Crippen LogP contribution is 2.30. The van der Waals surface area contributed by atoms with Crippen LogP contribution in [0, 0.1) is 0 Å². The maximum atomic E-state index is 12.4. The van der Waals surface area contributed by atoms with Gasteiger partial charge in [-0.25, -0.2) is 0 Å². The zero-order valence-corrected chi connectivity index (χ0v) is 16.7. The summed E-state index contributed by atoms with van der Waals surface area (Å²) < 4.78 is 5.97. The molecule has 2 aromatic rings. The van der Waals surface area contributed by atoms with Crippen molar-refractivity contribution >= 4 is 33.2 Å². The SMILES string of the molecule is COc1ccc(Br)c(C(=O)NCCN2CCC(c3cccs3)CC2)c1. The molecule has 1 amide bonds. The van der Waals surface area contributed by atoms with Crippen molar-refractivity contribution < 1.29 is 9.53 Å². The van der Waals surface area contributed by atoms with Crippen LogP contribution in [0.3, 0.4) is 0 Å². The predicted octanol–water partition coefficient (Wildman–Crippen LogP) is 4.13. The second kappa shape index (κ2) is 8.83. The Morgan fingerprint density at radius 1 is 1.36 bits per heavy atom. The van der Waals surface area contributed by atoms with Crippen LogP contribution in [0.1, 0.15) is 34.0 Å². The standard InChI is InChI=1S/C19H23BrN2O2S/c1-24-15-4-5-17(20)16(13-15)19(23)21-8-11-22-9-6-14(7-10-22)18-3-2-12-25-18/h2-5,12-14H,6-11H2,1H3,(H,21,23). The van der Waals surface area contributed by atoms with Gasteiger partial charge in [0.15, 0.2) is 0 Å². The lowest BCUT2D eigenvalue weighted by Gasteiger charge is -2.31. The predicted molar refractivity (Wildman–Crippen MR) is 106 cm³/mol. The smallest absolute Gasteiger partial charge is 0.252 e. The molecular weight excluding hydrogens is 400 g/mol. The van der Waals surface area contributed by atoms with Crippen molar-refractivity contribution in [1.29, 1.82) is 0 Å². The van der Waals surface area contributed by atoms with E-state index in [1.165, 1.54) is 17.7 Å². The van der Waals surface area contributed by atoms with Gasteiger partial charge in [0, 0.05) is 22.4 Å². The third-order valence-electron chi connectivity index (χ3n) is 4.66. The quantitative estimate of drug-likeness (QED) is 0.760. The van der Waals surface area contributed by atoms with E-state index in [9.17, 15) is 4.79 Å². The summed E-state index contributed by atoms with van der Waals surface area (Å²) in [5.74, 6) is 1.32. The molecule has 0 spiro atoms. The number of ether oxygens (including phenoxy) is 1. The van der Waals surface area contributed by atoms with Crippen molar-refractivity contribution in [3.63, 3.8) is 0 Å². The van der Waals surface area contributed by atoms with E-state index in [0.29, 0.717) is 23.8 Å². The monoisotopic (exact) mass is 422 g/mol. The Morgan fingerprint density at radius 2 is 2.16 bits per heavy atom. The third-order valence-corrected chi connectivity index (χ3v) is 6.39. The minimum absolute atomic E-state index is 0.0701. The van der Waals surface area contributed by atoms with Crippen LogP contribution >= 0.6 is 27.3 Å². The normalized spacial score (nSPS) is 15.9. The van der Waals surface area contributed by atoms with Crippen LogP contribution in [0.25, 0.3) is 0 Å². The van der Waals surface area contributed by atoms with Gasteiger partial charge in [-0.15, -0.1) is 11.3 Å². The van der Waals surface area contributed by atoms with Crippen molar-refractivity contribution in [2.75, 3.05) is 33.3 Å². The van der Waals surface area contributed by atoms with E-state index < -0.39 is 0 Å². The maximum Gasteiger partial charge on any atom is 0.252 e. The fourth-order valence-electron chi connectivity index (χ4n) is 3.19. The molecule has 2 heterocycles. The van der Waals surface area contributed by atoms with Crippen molar-refractivity contribution in [3.8, 4) is 5.75 Å². The van der Waals surface area contributed by atoms with E-state index in [0.717, 1.165) is 24.1 Å². The molecule has 25 heavy (non-hydrogen) atoms. The molecule has 4 nitrogen and oxygen atoms in total. The van der Waals surface area contributed by atoms with Crippen LogP contribution < -0.4 is 10.1 Å². The van der Waals surface area contributed by atoms with Gasteiger partial charge in [0.25, 0.3) is 5.91 Å². The van der Waals surface area contributed by atoms with Gasteiger partial charge in [-0.3, -0.25) is 4.79 Å². The number of nitrogens with one attached hydrogen (secondary N) is 1. The average Bonchev–Trinajstić information content (AvgIpc) is 3.17. The van der Waals surface area contributed by atoms with E-state index >= 15 is 0 Å². The van der Waals surface area contributed by atoms with Gasteiger partial charge in [0.1, 0.15) is 5.75 Å². The number of nitrogens with zero attached hydrogens (tertiary/aromatic N) is 1. The molecule has 1 fully saturated rings. The summed E-state index contributed by atoms with van der Waals surface area (Å²) in [6.07, 6.45) is 2.41. The first-order chi connectivity index (χ1) is 12.2. The summed E-state index contributed by atoms with van der Waals surface area (Å²) in [7, 11) is 1.60. The van der Waals surface area contributed by atoms with Gasteiger partial charge in [-0.2, -0.15) is 0 Å². The van der Waals surface area contributed by atoms with Crippen molar-refractivity contribution in [1.82, 2.24) is 10.2 Å². The summed E-state index contributed by atoms with van der Waals surface area (Å²) >= 11 is 5.29. The highest BCUT2D eigenvalue weighted by atomic mass is 79.9. The maximum absolute atomic E-state index is 12.4. The summed E-state index contributed by atoms with van der Waals surface area (Å²) in [6, 6.07) is 9.81. The van der Waals surface area contributed by atoms with Gasteiger partial charge in [0.2, 0.25) is 0 Å². The van der Waals surface area contributed by atoms with Crippen LogP contribution in [0.5, 0.6) is 5.75 Å². The Kier molecular flexibility index (Phi) is 6.51. The fraction of sp³-hybridized carbons (Fsp3) is 0.421. The zero-order chi connectivity index (χ0) is 17.6. The Bertz CT molecular complexity index is 697. The van der Waals surface area contributed by atoms with Crippen LogP contribution in [-0.4, -0.2) is 44.1 Å². The molecule has 0 radical (unpaired) electrons. The average molecular weight is 423 g/mol. The first-order valence-electron chi connectivity index (χ1n) is 8.55. The number of piperidine rings is 1. The number of hydrogen-bond donors (Lipinski definition) is 1. The molecule has 1 aromatic carbocycles. The van der Waals surface area contributed by atoms with E-state index in [-0.39, 0.29) is 5.91 Å². The molecule has 0 aliphatic carbocycles. The van der Waals surface area contributed by atoms with Crippen molar-refractivity contribution in [3.05, 3.63) is 50.6 Å². The molecule has 6 heteroatoms. The van der Waals surface area contributed by atoms with Crippen molar-refractivity contribution in [2.24, 2.45) is 0 Å². The van der Waals surface area contributed by atoms with Gasteiger partial charge < -0.3 is 15.0 Å². The fourth-order valence-corrected chi connectivity index (χ4v) is 4.52. The van der Waals surface area contributed by atoms with Crippen LogP contribution in [0.2, 0.25) is 0 Å². The van der Waals surface area contributed by atoms with E-state index in [2.05, 4.69) is 43.7 Å². The molecule has 1 N–H and O–H groups in total. The number of rotatable bonds is 6. The molecular formula is C19H23BrN2O2S. The largest absolute Gasteiger partial charge is 0.497 e. The zero-order valence-electron chi connectivity index (χ0n) is 14.3. The van der Waals surface area contributed by atoms with Gasteiger partial charge in [-0.05, 0) is 77.4 Å². The number of carbonyl (C=O) groups is 1. The summed E-state index contributed by atoms with van der Waals surface area (Å²) in [5.41, 5.74) is 0.607. The number of likely N-dealkylation sites (tertiary alicyclic amines) is 1. The summed E-state index contributed by atoms with van der Waals surface area (Å²) in [5, 5.41) is 5.17. The van der Waals surface area contributed by atoms with Gasteiger partial charge >= 0.3 is 0 Å². The Morgan fingerprint density at radius 3 is 2.84 bits per heavy atom. The first kappa shape index (κ1) is 18.4. The number of halogens is 1. The molecule has 0 bridgehead atoms. The minimum atomic E-state index is -0.0701. The number of carbonyl (C=O) groups excluding carboxylic acids is 1. The lowest BCUT2D eigenvalue weighted by Crippen LogP contribution is -2.39. The van der Waals surface area contributed by atoms with Crippen LogP contribution in [0.15, 0.2) is 40.2 Å². The molecule has 3 rings (SSSR count). The molecule has 134 valence electrons. The molecule has 0 atom stereocenters. The van der Waals surface area contributed by atoms with Crippen LogP contribution in [0.4, 0.5) is 0 Å². The summed E-state index contributed by atoms with van der Waals surface area (Å²) in [4.78, 5) is 16.3. The number of methoxy groups -OCH3 is 1. The molecule has 0 unspecified atom stereocenters. The molecule has 1 saturated heterocycles. The Hall–Kier alpha value is -1.37. The molecule has 1 aliphatic rings. The highest BCUT2D eigenvalue weighted by Gasteiger charge is 2.21. The minimum Gasteiger partial charge on any atom is -0.497 e. The molecule has 1 aliphatic heterocycles. The molecule has 0 saturated carbocycles. The second-order valence-electron chi connectivity index (χ2n) is 6.23. The number of hydrogen-bond acceptors (Lipinski definition) is 4. The number of amides is 1. The van der Waals surface area contributed by atoms with Gasteiger partial charge in [0.05, 0.1) is 12.7 Å². The van der Waals surface area contributed by atoms with Gasteiger partial charge in [-0.1, -0.05) is 6.07 Å². The molecule has 1 aromatic heterocycles. The number of benzene rings is 1.